The van der Waals surface area contributed by atoms with Gasteiger partial charge in [0.2, 0.25) is 0 Å². The van der Waals surface area contributed by atoms with Crippen LogP contribution in [0, 0.1) is 0 Å². The van der Waals surface area contributed by atoms with Crippen molar-refractivity contribution in [1.29, 1.82) is 0 Å². The van der Waals surface area contributed by atoms with Gasteiger partial charge in [0, 0.05) is 0 Å². The first-order valence-electron chi connectivity index (χ1n) is 3.91. The molecule has 0 aromatic heterocycles. The molecule has 62 valence electrons. The normalized spacial score (nSPS) is 12.3. The first-order chi connectivity index (χ1) is 5.88. The summed E-state index contributed by atoms with van der Waals surface area (Å²) < 4.78 is 0. The largest absolute Gasteiger partial charge is 0.151 e. The third kappa shape index (κ3) is 2.28. The zero-order valence-electron chi connectivity index (χ0n) is 7.07. The minimum absolute atomic E-state index is 1.14. The van der Waals surface area contributed by atoms with E-state index in [9.17, 15) is 0 Å². The molecular weight excluding hydrogens is 164 g/mol. The highest BCUT2D eigenvalue weighted by Crippen LogP contribution is 2.15. The Morgan fingerprint density at radius 2 is 1.92 bits per heavy atom. The highest BCUT2D eigenvalue weighted by atomic mass is 32.1. The first kappa shape index (κ1) is 9.14. The Balaban J connectivity index is 2.97. The van der Waals surface area contributed by atoms with Gasteiger partial charge in [0.15, 0.2) is 0 Å². The van der Waals surface area contributed by atoms with Crippen LogP contribution in [0.1, 0.15) is 12.5 Å². The number of benzene rings is 1. The van der Waals surface area contributed by atoms with E-state index in [1.54, 1.807) is 0 Å². The molecular formula is C11H12S. The maximum Gasteiger partial charge on any atom is -0.0127 e. The Hall–Kier alpha value is -0.950. The minimum Gasteiger partial charge on any atom is -0.151 e. The predicted molar refractivity (Wildman–Crippen MR) is 58.2 cm³/mol. The molecule has 0 spiro atoms. The van der Waals surface area contributed by atoms with E-state index in [4.69, 9.17) is 0 Å². The molecule has 1 rings (SSSR count). The van der Waals surface area contributed by atoms with Crippen molar-refractivity contribution in [3.63, 3.8) is 0 Å². The average molecular weight is 176 g/mol. The summed E-state index contributed by atoms with van der Waals surface area (Å²) in [6, 6.07) is 10.2. The van der Waals surface area contributed by atoms with Crippen molar-refractivity contribution in [3.8, 4) is 0 Å². The number of thiol groups is 1. The molecule has 12 heavy (non-hydrogen) atoms. The third-order valence-electron chi connectivity index (χ3n) is 1.59. The van der Waals surface area contributed by atoms with Crippen molar-refractivity contribution in [2.24, 2.45) is 0 Å². The van der Waals surface area contributed by atoms with Gasteiger partial charge in [-0.1, -0.05) is 42.5 Å². The lowest BCUT2D eigenvalue weighted by molar-refractivity contribution is 1.61. The summed E-state index contributed by atoms with van der Waals surface area (Å²) in [6.07, 6.45) is 4.05. The molecule has 0 bridgehead atoms. The van der Waals surface area contributed by atoms with Gasteiger partial charge in [-0.2, -0.15) is 12.6 Å². The molecule has 0 aliphatic heterocycles. The standard InChI is InChI=1S/C11H12S/c1-2-6-11(9-12)10-7-4-3-5-8-10/h2-9,12H,1H3/b6-2-,11-9+. The molecule has 1 heteroatoms. The fourth-order valence-corrected chi connectivity index (χ4v) is 1.26. The van der Waals surface area contributed by atoms with Crippen LogP contribution in [0.2, 0.25) is 0 Å². The van der Waals surface area contributed by atoms with Crippen LogP contribution in [0.15, 0.2) is 47.9 Å². The molecule has 0 fully saturated rings. The smallest absolute Gasteiger partial charge is 0.0127 e. The van der Waals surface area contributed by atoms with Gasteiger partial charge in [-0.15, -0.1) is 0 Å². The second-order valence-corrected chi connectivity index (χ2v) is 2.71. The van der Waals surface area contributed by atoms with E-state index in [1.165, 1.54) is 5.56 Å². The van der Waals surface area contributed by atoms with Crippen molar-refractivity contribution >= 4 is 18.2 Å². The first-order valence-corrected chi connectivity index (χ1v) is 4.42. The van der Waals surface area contributed by atoms with Crippen molar-refractivity contribution in [3.05, 3.63) is 53.5 Å². The van der Waals surface area contributed by atoms with Gasteiger partial charge in [-0.05, 0) is 23.5 Å². The second kappa shape index (κ2) is 4.83. The van der Waals surface area contributed by atoms with Crippen molar-refractivity contribution in [2.45, 2.75) is 6.92 Å². The molecule has 0 radical (unpaired) electrons. The Labute approximate surface area is 79.0 Å². The van der Waals surface area contributed by atoms with Crippen LogP contribution in [0.25, 0.3) is 5.57 Å². The summed E-state index contributed by atoms with van der Waals surface area (Å²) in [5.74, 6) is 0. The van der Waals surface area contributed by atoms with E-state index in [1.807, 2.05) is 42.7 Å². The van der Waals surface area contributed by atoms with Crippen LogP contribution in [0.5, 0.6) is 0 Å². The molecule has 0 saturated heterocycles. The zero-order valence-corrected chi connectivity index (χ0v) is 7.96. The lowest BCUT2D eigenvalue weighted by Gasteiger charge is -1.99. The Bertz CT molecular complexity index is 283. The number of allylic oxidation sites excluding steroid dienone is 3. The lowest BCUT2D eigenvalue weighted by Crippen LogP contribution is -1.77. The summed E-state index contributed by atoms with van der Waals surface area (Å²) in [5.41, 5.74) is 2.34. The predicted octanol–water partition coefficient (Wildman–Crippen LogP) is 3.53. The van der Waals surface area contributed by atoms with Crippen LogP contribution in [0.4, 0.5) is 0 Å². The van der Waals surface area contributed by atoms with Gasteiger partial charge in [0.1, 0.15) is 0 Å². The second-order valence-electron chi connectivity index (χ2n) is 2.45. The van der Waals surface area contributed by atoms with E-state index in [-0.39, 0.29) is 0 Å². The lowest BCUT2D eigenvalue weighted by atomic mass is 10.1. The monoisotopic (exact) mass is 176 g/mol. The summed E-state index contributed by atoms with van der Waals surface area (Å²) in [6.45, 7) is 2.00. The molecule has 0 unspecified atom stereocenters. The van der Waals surface area contributed by atoms with Gasteiger partial charge in [0.25, 0.3) is 0 Å². The maximum absolute atomic E-state index is 4.15. The van der Waals surface area contributed by atoms with Crippen molar-refractivity contribution in [1.82, 2.24) is 0 Å². The van der Waals surface area contributed by atoms with Crippen LogP contribution in [-0.4, -0.2) is 0 Å². The molecule has 0 nitrogen and oxygen atoms in total. The topological polar surface area (TPSA) is 0 Å². The average Bonchev–Trinajstić information content (AvgIpc) is 2.15. The highest BCUT2D eigenvalue weighted by Gasteiger charge is 1.92. The summed E-state index contributed by atoms with van der Waals surface area (Å²) in [4.78, 5) is 0. The van der Waals surface area contributed by atoms with Gasteiger partial charge < -0.3 is 0 Å². The van der Waals surface area contributed by atoms with E-state index in [0.29, 0.717) is 0 Å². The summed E-state index contributed by atoms with van der Waals surface area (Å²) in [7, 11) is 0. The third-order valence-corrected chi connectivity index (χ3v) is 1.87. The van der Waals surface area contributed by atoms with E-state index in [2.05, 4.69) is 24.8 Å². The fraction of sp³-hybridized carbons (Fsp3) is 0.0909. The fourth-order valence-electron chi connectivity index (χ4n) is 1.02. The van der Waals surface area contributed by atoms with E-state index in [0.717, 1.165) is 5.57 Å². The van der Waals surface area contributed by atoms with Gasteiger partial charge in [-0.25, -0.2) is 0 Å². The van der Waals surface area contributed by atoms with Crippen molar-refractivity contribution < 1.29 is 0 Å². The molecule has 0 aliphatic carbocycles. The van der Waals surface area contributed by atoms with Gasteiger partial charge in [-0.3, -0.25) is 0 Å². The molecule has 0 atom stereocenters. The maximum atomic E-state index is 4.15. The van der Waals surface area contributed by atoms with E-state index >= 15 is 0 Å². The number of hydrogen-bond acceptors (Lipinski definition) is 1. The molecule has 0 amide bonds. The zero-order chi connectivity index (χ0) is 8.81. The molecule has 1 aromatic carbocycles. The van der Waals surface area contributed by atoms with Gasteiger partial charge in [0.05, 0.1) is 0 Å². The van der Waals surface area contributed by atoms with E-state index < -0.39 is 0 Å². The quantitative estimate of drug-likeness (QED) is 0.517. The summed E-state index contributed by atoms with van der Waals surface area (Å²) >= 11 is 4.15. The Kier molecular flexibility index (Phi) is 3.68. The summed E-state index contributed by atoms with van der Waals surface area (Å²) in [5, 5.41) is 1.81. The highest BCUT2D eigenvalue weighted by molar-refractivity contribution is 7.83. The number of rotatable bonds is 2. The van der Waals surface area contributed by atoms with Gasteiger partial charge >= 0.3 is 0 Å². The number of hydrogen-bond donors (Lipinski definition) is 1. The van der Waals surface area contributed by atoms with Crippen LogP contribution in [-0.2, 0) is 0 Å². The minimum atomic E-state index is 1.14. The van der Waals surface area contributed by atoms with Crippen LogP contribution in [0.3, 0.4) is 0 Å². The van der Waals surface area contributed by atoms with Crippen LogP contribution >= 0.6 is 12.6 Å². The van der Waals surface area contributed by atoms with Crippen molar-refractivity contribution in [2.75, 3.05) is 0 Å². The Morgan fingerprint density at radius 1 is 1.25 bits per heavy atom. The molecule has 0 heterocycles. The SMILES string of the molecule is C/C=C\C(=C/S)c1ccccc1. The molecule has 0 saturated carbocycles. The van der Waals surface area contributed by atoms with Crippen LogP contribution < -0.4 is 0 Å². The molecule has 0 aliphatic rings. The molecule has 1 aromatic rings. The molecule has 0 N–H and O–H groups in total. The Morgan fingerprint density at radius 3 is 2.42 bits per heavy atom.